The number of nitrogens with one attached hydrogen (secondary N) is 1. The van der Waals surface area contributed by atoms with Crippen molar-refractivity contribution >= 4 is 16.0 Å². The van der Waals surface area contributed by atoms with Gasteiger partial charge in [0.15, 0.2) is 0 Å². The van der Waals surface area contributed by atoms with E-state index in [1.165, 1.54) is 0 Å². The Morgan fingerprint density at radius 1 is 1.71 bits per heavy atom. The second kappa shape index (κ2) is 7.42. The normalized spacial score (nSPS) is 12.4. The molecule has 0 saturated carbocycles. The van der Waals surface area contributed by atoms with Crippen molar-refractivity contribution in [3.63, 3.8) is 0 Å². The van der Waals surface area contributed by atoms with Gasteiger partial charge in [-0.05, 0) is 12.5 Å². The van der Waals surface area contributed by atoms with E-state index in [-0.39, 0.29) is 31.0 Å². The maximum atomic E-state index is 10.8. The minimum absolute atomic E-state index is 0. The second-order valence-corrected chi connectivity index (χ2v) is 4.06. The molecule has 0 aromatic carbocycles. The third-order valence-electron chi connectivity index (χ3n) is 1.44. The summed E-state index contributed by atoms with van der Waals surface area (Å²) in [6.07, 6.45) is 1.48. The molecule has 0 bridgehead atoms. The van der Waals surface area contributed by atoms with Crippen LogP contribution in [0.1, 0.15) is 14.8 Å². The van der Waals surface area contributed by atoms with Crippen molar-refractivity contribution in [1.29, 1.82) is 0 Å². The zero-order chi connectivity index (χ0) is 10.5. The summed E-state index contributed by atoms with van der Waals surface area (Å²) in [5.41, 5.74) is 0. The van der Waals surface area contributed by atoms with E-state index >= 15 is 0 Å². The number of hydrogen-bond acceptors (Lipinski definition) is 3. The SMILES string of the molecule is C=CC(=O)NC(CC)CS(=O)(=O)O.[H-].[Na+]. The molecule has 2 N–H and O–H groups in total. The van der Waals surface area contributed by atoms with Gasteiger partial charge < -0.3 is 6.74 Å². The number of carbonyl (C=O) groups is 1. The maximum Gasteiger partial charge on any atom is 1.00 e. The van der Waals surface area contributed by atoms with Crippen molar-refractivity contribution < 1.29 is 48.7 Å². The van der Waals surface area contributed by atoms with Crippen LogP contribution < -0.4 is 34.9 Å². The summed E-state index contributed by atoms with van der Waals surface area (Å²) >= 11 is 0. The van der Waals surface area contributed by atoms with Crippen LogP contribution in [-0.2, 0) is 14.9 Å². The van der Waals surface area contributed by atoms with E-state index in [1.54, 1.807) is 6.92 Å². The fourth-order valence-corrected chi connectivity index (χ4v) is 1.60. The van der Waals surface area contributed by atoms with Crippen molar-refractivity contribution in [3.05, 3.63) is 12.7 Å². The molecule has 5 nitrogen and oxygen atoms in total. The molecule has 78 valence electrons. The number of hydrogen-bond donors (Lipinski definition) is 2. The van der Waals surface area contributed by atoms with Gasteiger partial charge in [0, 0.05) is 6.04 Å². The molecule has 0 spiro atoms. The van der Waals surface area contributed by atoms with Gasteiger partial charge in [-0.15, -0.1) is 0 Å². The summed E-state index contributed by atoms with van der Waals surface area (Å²) in [6.45, 7) is 4.93. The van der Waals surface area contributed by atoms with Gasteiger partial charge in [0.1, 0.15) is 0 Å². The Morgan fingerprint density at radius 2 is 2.21 bits per heavy atom. The second-order valence-electron chi connectivity index (χ2n) is 2.57. The van der Waals surface area contributed by atoms with E-state index in [0.717, 1.165) is 6.08 Å². The zero-order valence-electron chi connectivity index (χ0n) is 9.36. The molecular formula is C7H14NNaO4S. The standard InChI is InChI=1S/C7H13NO4S.Na.H/c1-3-6(5-13(10,11)12)8-7(9)4-2;;/h4,6H,2-3,5H2,1H3,(H,8,9)(H,10,11,12);;/q;+1;-1. The molecule has 0 heterocycles. The largest absolute Gasteiger partial charge is 1.00 e. The summed E-state index contributed by atoms with van der Waals surface area (Å²) in [5, 5.41) is 2.38. The average molecular weight is 231 g/mol. The van der Waals surface area contributed by atoms with Gasteiger partial charge in [0.05, 0.1) is 5.75 Å². The summed E-state index contributed by atoms with van der Waals surface area (Å²) < 4.78 is 29.4. The molecule has 7 heteroatoms. The van der Waals surface area contributed by atoms with Crippen LogP contribution in [0.2, 0.25) is 0 Å². The van der Waals surface area contributed by atoms with Crippen molar-refractivity contribution in [2.75, 3.05) is 5.75 Å². The molecule has 0 aliphatic rings. The monoisotopic (exact) mass is 231 g/mol. The first-order valence-corrected chi connectivity index (χ1v) is 5.38. The fraction of sp³-hybridized carbons (Fsp3) is 0.571. The number of carbonyl (C=O) groups excluding carboxylic acids is 1. The van der Waals surface area contributed by atoms with Gasteiger partial charge in [-0.2, -0.15) is 8.42 Å². The average Bonchev–Trinajstić information content (AvgIpc) is 2.00. The Hall–Kier alpha value is 0.120. The zero-order valence-corrected chi connectivity index (χ0v) is 11.2. The molecule has 0 rings (SSSR count). The van der Waals surface area contributed by atoms with Gasteiger partial charge in [0.25, 0.3) is 10.1 Å². The Bertz CT molecular complexity index is 293. The first-order valence-electron chi connectivity index (χ1n) is 3.77. The van der Waals surface area contributed by atoms with Crippen LogP contribution in [0.5, 0.6) is 0 Å². The molecule has 1 amide bonds. The van der Waals surface area contributed by atoms with E-state index in [2.05, 4.69) is 11.9 Å². The van der Waals surface area contributed by atoms with Crippen LogP contribution in [0.15, 0.2) is 12.7 Å². The molecule has 0 saturated heterocycles. The number of rotatable bonds is 5. The molecular weight excluding hydrogens is 217 g/mol. The maximum absolute atomic E-state index is 10.8. The van der Waals surface area contributed by atoms with E-state index < -0.39 is 27.8 Å². The molecule has 0 aromatic heterocycles. The fourth-order valence-electron chi connectivity index (χ4n) is 0.776. The smallest absolute Gasteiger partial charge is 1.00 e. The van der Waals surface area contributed by atoms with Gasteiger partial charge in [-0.1, -0.05) is 13.5 Å². The predicted octanol–water partition coefficient (Wildman–Crippen LogP) is -2.93. The Balaban J connectivity index is -0.000000720. The molecule has 0 aliphatic carbocycles. The summed E-state index contributed by atoms with van der Waals surface area (Å²) in [6, 6.07) is -0.569. The molecule has 0 radical (unpaired) electrons. The Labute approximate surface area is 107 Å². The molecule has 0 fully saturated rings. The van der Waals surface area contributed by atoms with Crippen LogP contribution in [0, 0.1) is 0 Å². The Kier molecular flexibility index (Phi) is 8.77. The van der Waals surface area contributed by atoms with Gasteiger partial charge in [-0.3, -0.25) is 9.35 Å². The molecule has 1 atom stereocenters. The van der Waals surface area contributed by atoms with E-state index in [1.807, 2.05) is 0 Å². The van der Waals surface area contributed by atoms with Crippen LogP contribution in [0.25, 0.3) is 0 Å². The summed E-state index contributed by atoms with van der Waals surface area (Å²) in [4.78, 5) is 10.8. The van der Waals surface area contributed by atoms with E-state index in [9.17, 15) is 13.2 Å². The van der Waals surface area contributed by atoms with Crippen LogP contribution in [-0.4, -0.2) is 30.7 Å². The molecule has 14 heavy (non-hydrogen) atoms. The quantitative estimate of drug-likeness (QED) is 0.301. The number of amides is 1. The Morgan fingerprint density at radius 3 is 2.50 bits per heavy atom. The molecule has 0 aliphatic heterocycles. The van der Waals surface area contributed by atoms with Crippen molar-refractivity contribution in [2.24, 2.45) is 0 Å². The van der Waals surface area contributed by atoms with Crippen molar-refractivity contribution in [3.8, 4) is 0 Å². The van der Waals surface area contributed by atoms with Crippen LogP contribution >= 0.6 is 0 Å². The first kappa shape index (κ1) is 16.5. The summed E-state index contributed by atoms with van der Waals surface area (Å²) in [7, 11) is -4.04. The van der Waals surface area contributed by atoms with E-state index in [4.69, 9.17) is 4.55 Å². The molecule has 0 aromatic rings. The van der Waals surface area contributed by atoms with Crippen LogP contribution in [0.4, 0.5) is 0 Å². The topological polar surface area (TPSA) is 83.5 Å². The van der Waals surface area contributed by atoms with Gasteiger partial charge in [-0.25, -0.2) is 0 Å². The summed E-state index contributed by atoms with van der Waals surface area (Å²) in [5.74, 6) is -0.918. The third kappa shape index (κ3) is 8.71. The minimum Gasteiger partial charge on any atom is -1.00 e. The van der Waals surface area contributed by atoms with Crippen molar-refractivity contribution in [1.82, 2.24) is 5.32 Å². The first-order chi connectivity index (χ1) is 5.89. The van der Waals surface area contributed by atoms with Crippen LogP contribution in [0.3, 0.4) is 0 Å². The molecule has 1 unspecified atom stereocenters. The minimum atomic E-state index is -4.04. The van der Waals surface area contributed by atoms with Crippen molar-refractivity contribution in [2.45, 2.75) is 19.4 Å². The van der Waals surface area contributed by atoms with Gasteiger partial charge in [0.2, 0.25) is 5.91 Å². The third-order valence-corrected chi connectivity index (χ3v) is 2.26. The van der Waals surface area contributed by atoms with E-state index in [0.29, 0.717) is 6.42 Å². The predicted molar refractivity (Wildman–Crippen MR) is 49.9 cm³/mol. The van der Waals surface area contributed by atoms with Gasteiger partial charge >= 0.3 is 29.6 Å².